The normalized spacial score (nSPS) is 10.2. The van der Waals surface area contributed by atoms with Gasteiger partial charge >= 0.3 is 0 Å². The SMILES string of the molecule is Cc1cccc(NC(=O)COc2cc(F)cc(F)c2)n1. The zero-order chi connectivity index (χ0) is 14.5. The fourth-order valence-corrected chi connectivity index (χ4v) is 1.55. The minimum Gasteiger partial charge on any atom is -0.484 e. The third kappa shape index (κ3) is 4.01. The molecule has 1 aromatic carbocycles. The van der Waals surface area contributed by atoms with Crippen LogP contribution in [-0.2, 0) is 4.79 Å². The van der Waals surface area contributed by atoms with E-state index >= 15 is 0 Å². The third-order valence-electron chi connectivity index (χ3n) is 2.36. The van der Waals surface area contributed by atoms with Crippen molar-refractivity contribution in [1.29, 1.82) is 0 Å². The summed E-state index contributed by atoms with van der Waals surface area (Å²) < 4.78 is 30.8. The van der Waals surface area contributed by atoms with Crippen LogP contribution in [0, 0.1) is 18.6 Å². The Morgan fingerprint density at radius 2 is 1.95 bits per heavy atom. The van der Waals surface area contributed by atoms with Crippen LogP contribution < -0.4 is 10.1 Å². The van der Waals surface area contributed by atoms with Gasteiger partial charge in [-0.25, -0.2) is 13.8 Å². The van der Waals surface area contributed by atoms with Crippen molar-refractivity contribution in [1.82, 2.24) is 4.98 Å². The van der Waals surface area contributed by atoms with E-state index in [0.717, 1.165) is 23.9 Å². The molecule has 1 amide bonds. The van der Waals surface area contributed by atoms with Crippen LogP contribution >= 0.6 is 0 Å². The summed E-state index contributed by atoms with van der Waals surface area (Å²) in [5, 5.41) is 2.52. The van der Waals surface area contributed by atoms with Gasteiger partial charge in [0.1, 0.15) is 23.2 Å². The van der Waals surface area contributed by atoms with Crippen LogP contribution in [-0.4, -0.2) is 17.5 Å². The molecule has 0 saturated heterocycles. The molecule has 0 spiro atoms. The monoisotopic (exact) mass is 278 g/mol. The molecule has 104 valence electrons. The van der Waals surface area contributed by atoms with Gasteiger partial charge in [0.25, 0.3) is 5.91 Å². The largest absolute Gasteiger partial charge is 0.484 e. The lowest BCUT2D eigenvalue weighted by atomic mass is 10.3. The predicted octanol–water partition coefficient (Wildman–Crippen LogP) is 2.69. The van der Waals surface area contributed by atoms with Gasteiger partial charge < -0.3 is 10.1 Å². The highest BCUT2D eigenvalue weighted by Crippen LogP contribution is 2.15. The van der Waals surface area contributed by atoms with Crippen molar-refractivity contribution >= 4 is 11.7 Å². The lowest BCUT2D eigenvalue weighted by molar-refractivity contribution is -0.118. The first kappa shape index (κ1) is 13.9. The number of aryl methyl sites for hydroxylation is 1. The van der Waals surface area contributed by atoms with E-state index in [1.54, 1.807) is 25.1 Å². The maximum absolute atomic E-state index is 12.9. The van der Waals surface area contributed by atoms with Crippen LogP contribution in [0.3, 0.4) is 0 Å². The van der Waals surface area contributed by atoms with Gasteiger partial charge in [0, 0.05) is 23.9 Å². The summed E-state index contributed by atoms with van der Waals surface area (Å²) >= 11 is 0. The lowest BCUT2D eigenvalue weighted by Gasteiger charge is -2.07. The molecule has 2 aromatic rings. The van der Waals surface area contributed by atoms with Crippen LogP contribution in [0.4, 0.5) is 14.6 Å². The number of halogens is 2. The number of benzene rings is 1. The lowest BCUT2D eigenvalue weighted by Crippen LogP contribution is -2.20. The zero-order valence-corrected chi connectivity index (χ0v) is 10.7. The molecule has 0 bridgehead atoms. The summed E-state index contributed by atoms with van der Waals surface area (Å²) in [6, 6.07) is 7.90. The molecule has 0 aliphatic rings. The van der Waals surface area contributed by atoms with Gasteiger partial charge in [-0.2, -0.15) is 0 Å². The second-order valence-corrected chi connectivity index (χ2v) is 4.11. The quantitative estimate of drug-likeness (QED) is 0.935. The molecule has 1 N–H and O–H groups in total. The smallest absolute Gasteiger partial charge is 0.263 e. The van der Waals surface area contributed by atoms with Crippen molar-refractivity contribution in [3.8, 4) is 5.75 Å². The predicted molar refractivity (Wildman–Crippen MR) is 69.5 cm³/mol. The molecule has 0 aliphatic carbocycles. The minimum atomic E-state index is -0.763. The molecular formula is C14H12F2N2O2. The topological polar surface area (TPSA) is 51.2 Å². The number of pyridine rings is 1. The number of amides is 1. The number of hydrogen-bond donors (Lipinski definition) is 1. The van der Waals surface area contributed by atoms with Gasteiger partial charge in [0.2, 0.25) is 0 Å². The van der Waals surface area contributed by atoms with E-state index in [4.69, 9.17) is 4.74 Å². The molecule has 0 radical (unpaired) electrons. The van der Waals surface area contributed by atoms with Gasteiger partial charge in [-0.3, -0.25) is 4.79 Å². The van der Waals surface area contributed by atoms with E-state index in [2.05, 4.69) is 10.3 Å². The number of anilines is 1. The molecular weight excluding hydrogens is 266 g/mol. The van der Waals surface area contributed by atoms with Gasteiger partial charge in [-0.1, -0.05) is 6.07 Å². The maximum atomic E-state index is 12.9. The number of nitrogens with one attached hydrogen (secondary N) is 1. The molecule has 6 heteroatoms. The van der Waals surface area contributed by atoms with E-state index in [0.29, 0.717) is 5.82 Å². The number of carbonyl (C=O) groups is 1. The molecule has 1 heterocycles. The highest BCUT2D eigenvalue weighted by atomic mass is 19.1. The number of nitrogens with zero attached hydrogens (tertiary/aromatic N) is 1. The Morgan fingerprint density at radius 1 is 1.25 bits per heavy atom. The van der Waals surface area contributed by atoms with E-state index < -0.39 is 17.5 Å². The average molecular weight is 278 g/mol. The summed E-state index contributed by atoms with van der Waals surface area (Å²) in [4.78, 5) is 15.7. The Labute approximate surface area is 114 Å². The Kier molecular flexibility index (Phi) is 4.24. The maximum Gasteiger partial charge on any atom is 0.263 e. The van der Waals surface area contributed by atoms with Crippen molar-refractivity contribution in [2.75, 3.05) is 11.9 Å². The summed E-state index contributed by atoms with van der Waals surface area (Å²) in [5.41, 5.74) is 0.760. The molecule has 4 nitrogen and oxygen atoms in total. The van der Waals surface area contributed by atoms with Crippen LogP contribution in [0.2, 0.25) is 0 Å². The fourth-order valence-electron chi connectivity index (χ4n) is 1.55. The van der Waals surface area contributed by atoms with Crippen LogP contribution in [0.15, 0.2) is 36.4 Å². The molecule has 1 aromatic heterocycles. The Bertz CT molecular complexity index is 612. The summed E-state index contributed by atoms with van der Waals surface area (Å²) in [5.74, 6) is -1.65. The van der Waals surface area contributed by atoms with Crippen molar-refractivity contribution in [2.45, 2.75) is 6.92 Å². The minimum absolute atomic E-state index is 0.0464. The summed E-state index contributed by atoms with van der Waals surface area (Å²) in [6.07, 6.45) is 0. The molecule has 0 saturated carbocycles. The number of hydrogen-bond acceptors (Lipinski definition) is 3. The Hall–Kier alpha value is -2.50. The zero-order valence-electron chi connectivity index (χ0n) is 10.7. The molecule has 20 heavy (non-hydrogen) atoms. The number of aromatic nitrogens is 1. The molecule has 0 aliphatic heterocycles. The van der Waals surface area contributed by atoms with E-state index in [1.807, 2.05) is 0 Å². The van der Waals surface area contributed by atoms with Crippen molar-refractivity contribution in [3.63, 3.8) is 0 Å². The van der Waals surface area contributed by atoms with Gasteiger partial charge in [-0.15, -0.1) is 0 Å². The van der Waals surface area contributed by atoms with Crippen LogP contribution in [0.1, 0.15) is 5.69 Å². The van der Waals surface area contributed by atoms with Gasteiger partial charge in [0.15, 0.2) is 6.61 Å². The van der Waals surface area contributed by atoms with E-state index in [1.165, 1.54) is 0 Å². The van der Waals surface area contributed by atoms with Crippen molar-refractivity contribution in [2.24, 2.45) is 0 Å². The second-order valence-electron chi connectivity index (χ2n) is 4.11. The summed E-state index contributed by atoms with van der Waals surface area (Å²) in [7, 11) is 0. The van der Waals surface area contributed by atoms with E-state index in [9.17, 15) is 13.6 Å². The van der Waals surface area contributed by atoms with Crippen LogP contribution in [0.5, 0.6) is 5.75 Å². The second kappa shape index (κ2) is 6.10. The fraction of sp³-hybridized carbons (Fsp3) is 0.143. The number of ether oxygens (including phenoxy) is 1. The van der Waals surface area contributed by atoms with Crippen molar-refractivity contribution in [3.05, 3.63) is 53.7 Å². The molecule has 0 atom stereocenters. The third-order valence-corrected chi connectivity index (χ3v) is 2.36. The standard InChI is InChI=1S/C14H12F2N2O2/c1-9-3-2-4-13(17-9)18-14(19)8-20-12-6-10(15)5-11(16)7-12/h2-7H,8H2,1H3,(H,17,18,19). The highest BCUT2D eigenvalue weighted by Gasteiger charge is 2.06. The first-order valence-corrected chi connectivity index (χ1v) is 5.85. The van der Waals surface area contributed by atoms with Crippen LogP contribution in [0.25, 0.3) is 0 Å². The van der Waals surface area contributed by atoms with Gasteiger partial charge in [0.05, 0.1) is 0 Å². The molecule has 0 unspecified atom stereocenters. The Balaban J connectivity index is 1.92. The van der Waals surface area contributed by atoms with E-state index in [-0.39, 0.29) is 12.4 Å². The Morgan fingerprint density at radius 3 is 2.60 bits per heavy atom. The molecule has 0 fully saturated rings. The first-order valence-electron chi connectivity index (χ1n) is 5.85. The summed E-state index contributed by atoms with van der Waals surface area (Å²) in [6.45, 7) is 1.43. The number of carbonyl (C=O) groups excluding carboxylic acids is 1. The highest BCUT2D eigenvalue weighted by molar-refractivity contribution is 5.90. The van der Waals surface area contributed by atoms with Crippen molar-refractivity contribution < 1.29 is 18.3 Å². The number of rotatable bonds is 4. The first-order chi connectivity index (χ1) is 9.52. The average Bonchev–Trinajstić information content (AvgIpc) is 2.35. The van der Waals surface area contributed by atoms with Gasteiger partial charge in [-0.05, 0) is 19.1 Å². The molecule has 2 rings (SSSR count).